The zero-order valence-corrected chi connectivity index (χ0v) is 35.4. The minimum absolute atomic E-state index is 0.0927. The van der Waals surface area contributed by atoms with Gasteiger partial charge in [-0.1, -0.05) is 78.3 Å². The van der Waals surface area contributed by atoms with E-state index in [1.54, 1.807) is 42.5 Å². The first-order chi connectivity index (χ1) is 30.5. The van der Waals surface area contributed by atoms with Crippen LogP contribution in [0.25, 0.3) is 22.0 Å². The molecule has 326 valence electrons. The maximum Gasteiger partial charge on any atom is 0.411 e. The number of methoxy groups -OCH3 is 1. The van der Waals surface area contributed by atoms with Crippen LogP contribution in [0.15, 0.2) is 120 Å². The number of carbonyl (C=O) groups is 3. The van der Waals surface area contributed by atoms with Gasteiger partial charge in [-0.15, -0.1) is 0 Å². The molecule has 14 nitrogen and oxygen atoms in total. The Morgan fingerprint density at radius 1 is 0.873 bits per heavy atom. The van der Waals surface area contributed by atoms with Gasteiger partial charge < -0.3 is 45.5 Å². The number of hydrogen-bond acceptors (Lipinski definition) is 10. The van der Waals surface area contributed by atoms with Crippen LogP contribution in [0.3, 0.4) is 0 Å². The third-order valence-corrected chi connectivity index (χ3v) is 11.2. The minimum Gasteiger partial charge on any atom is -0.506 e. The number of aromatic nitrogens is 1. The third-order valence-electron chi connectivity index (χ3n) is 10.9. The Labute approximate surface area is 369 Å². The number of fused-ring (bicyclic) bond motifs is 1. The van der Waals surface area contributed by atoms with Crippen molar-refractivity contribution in [3.8, 4) is 22.6 Å². The van der Waals surface area contributed by atoms with Gasteiger partial charge in [0, 0.05) is 79.9 Å². The Morgan fingerprint density at radius 2 is 1.65 bits per heavy atom. The lowest BCUT2D eigenvalue weighted by molar-refractivity contribution is -0.121. The van der Waals surface area contributed by atoms with Gasteiger partial charge in [0.25, 0.3) is 5.91 Å². The van der Waals surface area contributed by atoms with Crippen LogP contribution in [-0.2, 0) is 22.6 Å². The summed E-state index contributed by atoms with van der Waals surface area (Å²) in [6.07, 6.45) is -0.0277. The third kappa shape index (κ3) is 11.6. The standard InChI is InChI=1S/C48H49ClN6O8/c1-62-43-26-40(38(49)25-33(43)28-50-29-42(57)36-14-16-41(56)46-37(36)15-17-45(59)54-46)52-47(60)32-11-7-8-30(24-32)27-51-44(58)20-23-55-21-18-34(19-22-55)63-48(61)53-39-13-6-5-12-35(39)31-9-3-2-4-10-31/h2-17,24-26,34,42,50,56-57H,18-23,27-29H2,1H3,(H,51,58)(H,52,60)(H,53,61)(H,54,59)/t42-/m1/s1. The molecule has 0 unspecified atom stereocenters. The van der Waals surface area contributed by atoms with Crippen LogP contribution in [0, 0.1) is 0 Å². The number of phenolic OH excluding ortho intramolecular Hbond substituents is 1. The van der Waals surface area contributed by atoms with Gasteiger partial charge in [0.15, 0.2) is 0 Å². The molecule has 0 saturated carbocycles. The van der Waals surface area contributed by atoms with Crippen molar-refractivity contribution in [1.82, 2.24) is 20.5 Å². The molecule has 15 heteroatoms. The van der Waals surface area contributed by atoms with Gasteiger partial charge in [0.05, 0.1) is 35.1 Å². The normalized spacial score (nSPS) is 13.6. The molecular weight excluding hydrogens is 824 g/mol. The van der Waals surface area contributed by atoms with Gasteiger partial charge >= 0.3 is 6.09 Å². The van der Waals surface area contributed by atoms with Crippen LogP contribution < -0.4 is 31.6 Å². The number of H-pyrrole nitrogens is 1. The molecule has 0 bridgehead atoms. The number of nitrogens with zero attached hydrogens (tertiary/aromatic N) is 1. The molecule has 6 aromatic rings. The Balaban J connectivity index is 0.836. The number of nitrogens with one attached hydrogen (secondary N) is 5. The van der Waals surface area contributed by atoms with Crippen LogP contribution in [0.5, 0.6) is 11.5 Å². The number of likely N-dealkylation sites (tertiary alicyclic amines) is 1. The fourth-order valence-corrected chi connectivity index (χ4v) is 7.82. The van der Waals surface area contributed by atoms with E-state index in [1.165, 1.54) is 19.2 Å². The van der Waals surface area contributed by atoms with Crippen LogP contribution in [-0.4, -0.2) is 77.4 Å². The molecule has 5 aromatic carbocycles. The second-order valence-electron chi connectivity index (χ2n) is 15.2. The van der Waals surface area contributed by atoms with Gasteiger partial charge in [-0.25, -0.2) is 4.79 Å². The van der Waals surface area contributed by atoms with E-state index in [1.807, 2.05) is 60.7 Å². The molecule has 3 amide bonds. The molecule has 1 aromatic heterocycles. The number of aliphatic hydroxyl groups excluding tert-OH is 1. The summed E-state index contributed by atoms with van der Waals surface area (Å²) >= 11 is 6.63. The van der Waals surface area contributed by atoms with E-state index in [0.717, 1.165) is 16.7 Å². The molecule has 1 atom stereocenters. The summed E-state index contributed by atoms with van der Waals surface area (Å²) in [5.74, 6) is -0.146. The molecular formula is C48H49ClN6O8. The molecule has 1 aliphatic rings. The summed E-state index contributed by atoms with van der Waals surface area (Å²) in [7, 11) is 1.50. The number of ether oxygens (including phenoxy) is 2. The fourth-order valence-electron chi connectivity index (χ4n) is 7.59. The van der Waals surface area contributed by atoms with Gasteiger partial charge in [0.2, 0.25) is 11.5 Å². The topological polar surface area (TPSA) is 194 Å². The van der Waals surface area contributed by atoms with Crippen LogP contribution >= 0.6 is 11.6 Å². The second-order valence-corrected chi connectivity index (χ2v) is 15.6. The van der Waals surface area contributed by atoms with Crippen molar-refractivity contribution in [2.75, 3.05) is 43.9 Å². The summed E-state index contributed by atoms with van der Waals surface area (Å²) in [6, 6.07) is 33.6. The van der Waals surface area contributed by atoms with Crippen molar-refractivity contribution in [1.29, 1.82) is 0 Å². The van der Waals surface area contributed by atoms with E-state index in [4.69, 9.17) is 21.1 Å². The Bertz CT molecular complexity index is 2630. The molecule has 0 aliphatic carbocycles. The number of carbonyl (C=O) groups excluding carboxylic acids is 3. The quantitative estimate of drug-likeness (QED) is 0.0517. The first-order valence-corrected chi connectivity index (χ1v) is 21.0. The summed E-state index contributed by atoms with van der Waals surface area (Å²) < 4.78 is 11.4. The highest BCUT2D eigenvalue weighted by atomic mass is 35.5. The van der Waals surface area contributed by atoms with E-state index < -0.39 is 18.1 Å². The number of amides is 3. The predicted molar refractivity (Wildman–Crippen MR) is 243 cm³/mol. The largest absolute Gasteiger partial charge is 0.506 e. The summed E-state index contributed by atoms with van der Waals surface area (Å²) in [6.45, 7) is 2.63. The van der Waals surface area contributed by atoms with Crippen LogP contribution in [0.1, 0.15) is 52.4 Å². The number of aliphatic hydroxyl groups is 1. The van der Waals surface area contributed by atoms with Crippen LogP contribution in [0.2, 0.25) is 5.02 Å². The molecule has 7 rings (SSSR count). The number of rotatable bonds is 16. The molecule has 63 heavy (non-hydrogen) atoms. The summed E-state index contributed by atoms with van der Waals surface area (Å²) in [4.78, 5) is 55.5. The lowest BCUT2D eigenvalue weighted by atomic mass is 10.0. The number of piperidine rings is 1. The van der Waals surface area contributed by atoms with Gasteiger partial charge in [0.1, 0.15) is 17.6 Å². The van der Waals surface area contributed by atoms with E-state index in [2.05, 4.69) is 31.2 Å². The predicted octanol–water partition coefficient (Wildman–Crippen LogP) is 7.36. The number of halogens is 1. The number of anilines is 2. The maximum atomic E-state index is 13.4. The number of phenols is 1. The van der Waals surface area contributed by atoms with E-state index >= 15 is 0 Å². The monoisotopic (exact) mass is 872 g/mol. The number of pyridine rings is 1. The Hall–Kier alpha value is -6.71. The second kappa shape index (κ2) is 20.9. The average molecular weight is 873 g/mol. The lowest BCUT2D eigenvalue weighted by Crippen LogP contribution is -2.40. The molecule has 1 fully saturated rings. The van der Waals surface area contributed by atoms with Crippen molar-refractivity contribution in [2.24, 2.45) is 0 Å². The number of benzene rings is 5. The summed E-state index contributed by atoms with van der Waals surface area (Å²) in [5, 5.41) is 33.8. The molecule has 2 heterocycles. The number of aromatic hydroxyl groups is 1. The first-order valence-electron chi connectivity index (χ1n) is 20.7. The Kier molecular flexibility index (Phi) is 14.7. The van der Waals surface area contributed by atoms with E-state index in [0.29, 0.717) is 78.1 Å². The molecule has 0 spiro atoms. The number of para-hydroxylation sites is 1. The SMILES string of the molecule is COc1cc(NC(=O)c2cccc(CNC(=O)CCN3CCC(OC(=O)Nc4ccccc4-c4ccccc4)CC3)c2)c(Cl)cc1CNC[C@@H](O)c1ccc(O)c2[nH]c(=O)ccc12. The lowest BCUT2D eigenvalue weighted by Gasteiger charge is -2.31. The highest BCUT2D eigenvalue weighted by Crippen LogP contribution is 2.33. The molecule has 1 saturated heterocycles. The van der Waals surface area contributed by atoms with E-state index in [9.17, 15) is 29.4 Å². The van der Waals surface area contributed by atoms with Crippen molar-refractivity contribution in [2.45, 2.75) is 44.6 Å². The fraction of sp³-hybridized carbons (Fsp3) is 0.250. The van der Waals surface area contributed by atoms with Gasteiger partial charge in [-0.2, -0.15) is 0 Å². The zero-order valence-electron chi connectivity index (χ0n) is 34.7. The number of hydrogen-bond donors (Lipinski definition) is 7. The van der Waals surface area contributed by atoms with Crippen molar-refractivity contribution in [3.63, 3.8) is 0 Å². The minimum atomic E-state index is -0.961. The summed E-state index contributed by atoms with van der Waals surface area (Å²) in [5.41, 5.74) is 5.17. The maximum absolute atomic E-state index is 13.4. The van der Waals surface area contributed by atoms with Crippen molar-refractivity contribution in [3.05, 3.63) is 153 Å². The number of aromatic amines is 1. The van der Waals surface area contributed by atoms with Gasteiger partial charge in [-0.05, 0) is 65.9 Å². The Morgan fingerprint density at radius 3 is 2.44 bits per heavy atom. The molecule has 0 radical (unpaired) electrons. The average Bonchev–Trinajstić information content (AvgIpc) is 3.29. The first kappa shape index (κ1) is 44.3. The highest BCUT2D eigenvalue weighted by molar-refractivity contribution is 6.34. The van der Waals surface area contributed by atoms with Gasteiger partial charge in [-0.3, -0.25) is 19.7 Å². The molecule has 7 N–H and O–H groups in total. The molecule has 1 aliphatic heterocycles. The zero-order chi connectivity index (χ0) is 44.3. The van der Waals surface area contributed by atoms with Crippen molar-refractivity contribution < 1.29 is 34.1 Å². The smallest absolute Gasteiger partial charge is 0.411 e. The highest BCUT2D eigenvalue weighted by Gasteiger charge is 2.23. The van der Waals surface area contributed by atoms with Crippen molar-refractivity contribution >= 4 is 51.8 Å². The van der Waals surface area contributed by atoms with Crippen LogP contribution in [0.4, 0.5) is 16.2 Å². The van der Waals surface area contributed by atoms with E-state index in [-0.39, 0.29) is 53.5 Å².